The van der Waals surface area contributed by atoms with Gasteiger partial charge in [0.15, 0.2) is 10.8 Å². The Balaban J connectivity index is 1.85. The van der Waals surface area contributed by atoms with Gasteiger partial charge in [0.1, 0.15) is 10.6 Å². The van der Waals surface area contributed by atoms with Crippen molar-refractivity contribution in [2.75, 3.05) is 19.6 Å². The van der Waals surface area contributed by atoms with Crippen molar-refractivity contribution < 1.29 is 9.21 Å². The van der Waals surface area contributed by atoms with Crippen molar-refractivity contribution >= 4 is 17.2 Å². The van der Waals surface area contributed by atoms with Crippen molar-refractivity contribution in [2.24, 2.45) is 0 Å². The number of thiazole rings is 1. The molecule has 6 heteroatoms. The van der Waals surface area contributed by atoms with Crippen molar-refractivity contribution in [2.45, 2.75) is 46.1 Å². The van der Waals surface area contributed by atoms with E-state index in [1.165, 1.54) is 11.3 Å². The number of nitrogens with one attached hydrogen (secondary N) is 1. The molecule has 3 heterocycles. The summed E-state index contributed by atoms with van der Waals surface area (Å²) in [6.07, 6.45) is 3.01. The molecular formula is C18H25N3O2S. The van der Waals surface area contributed by atoms with E-state index < -0.39 is 0 Å². The highest BCUT2D eigenvalue weighted by molar-refractivity contribution is 7.17. The van der Waals surface area contributed by atoms with Crippen LogP contribution in [-0.2, 0) is 0 Å². The summed E-state index contributed by atoms with van der Waals surface area (Å²) in [6, 6.07) is 4.17. The lowest BCUT2D eigenvalue weighted by molar-refractivity contribution is 0.0646. The van der Waals surface area contributed by atoms with E-state index in [9.17, 15) is 4.79 Å². The first-order chi connectivity index (χ1) is 11.6. The van der Waals surface area contributed by atoms with Gasteiger partial charge in [0, 0.05) is 12.6 Å². The molecule has 0 unspecified atom stereocenters. The second-order valence-corrected chi connectivity index (χ2v) is 7.32. The molecular weight excluding hydrogens is 322 g/mol. The first-order valence-electron chi connectivity index (χ1n) is 8.66. The summed E-state index contributed by atoms with van der Waals surface area (Å²) in [5, 5.41) is 4.15. The van der Waals surface area contributed by atoms with Crippen LogP contribution in [0.25, 0.3) is 10.8 Å². The summed E-state index contributed by atoms with van der Waals surface area (Å²) in [5.41, 5.74) is 0.795. The molecule has 0 spiro atoms. The quantitative estimate of drug-likeness (QED) is 0.897. The van der Waals surface area contributed by atoms with Crippen LogP contribution in [0.2, 0.25) is 0 Å². The van der Waals surface area contributed by atoms with Gasteiger partial charge in [-0.15, -0.1) is 11.3 Å². The third-order valence-corrected chi connectivity index (χ3v) is 5.58. The van der Waals surface area contributed by atoms with Crippen LogP contribution in [-0.4, -0.2) is 41.5 Å². The van der Waals surface area contributed by atoms with Gasteiger partial charge in [-0.3, -0.25) is 4.79 Å². The molecule has 0 atom stereocenters. The second-order valence-electron chi connectivity index (χ2n) is 6.32. The van der Waals surface area contributed by atoms with Gasteiger partial charge in [-0.1, -0.05) is 6.92 Å². The van der Waals surface area contributed by atoms with Gasteiger partial charge in [-0.05, 0) is 58.3 Å². The van der Waals surface area contributed by atoms with Crippen LogP contribution in [0, 0.1) is 13.8 Å². The number of furan rings is 1. The third kappa shape index (κ3) is 3.54. The van der Waals surface area contributed by atoms with E-state index in [2.05, 4.69) is 22.1 Å². The molecule has 2 aromatic heterocycles. The van der Waals surface area contributed by atoms with Gasteiger partial charge in [0.2, 0.25) is 0 Å². The fraction of sp³-hybridized carbons (Fsp3) is 0.556. The maximum Gasteiger partial charge on any atom is 0.266 e. The van der Waals surface area contributed by atoms with E-state index in [1.807, 2.05) is 26.0 Å². The Morgan fingerprint density at radius 1 is 1.38 bits per heavy atom. The van der Waals surface area contributed by atoms with Crippen LogP contribution in [0.3, 0.4) is 0 Å². The molecule has 0 aromatic carbocycles. The molecule has 1 aliphatic rings. The van der Waals surface area contributed by atoms with E-state index >= 15 is 0 Å². The van der Waals surface area contributed by atoms with E-state index in [0.717, 1.165) is 66.0 Å². The van der Waals surface area contributed by atoms with Crippen LogP contribution in [0.4, 0.5) is 0 Å². The summed E-state index contributed by atoms with van der Waals surface area (Å²) in [6.45, 7) is 8.72. The maximum absolute atomic E-state index is 13.2. The monoisotopic (exact) mass is 347 g/mol. The number of carbonyl (C=O) groups is 1. The highest BCUT2D eigenvalue weighted by atomic mass is 32.1. The highest BCUT2D eigenvalue weighted by Crippen LogP contribution is 2.31. The zero-order valence-electron chi connectivity index (χ0n) is 14.6. The first-order valence-corrected chi connectivity index (χ1v) is 9.47. The number of aryl methyl sites for hydroxylation is 2. The number of hydrogen-bond acceptors (Lipinski definition) is 5. The zero-order chi connectivity index (χ0) is 17.1. The topological polar surface area (TPSA) is 58.4 Å². The number of rotatable bonds is 5. The lowest BCUT2D eigenvalue weighted by atomic mass is 10.0. The first kappa shape index (κ1) is 17.2. The minimum absolute atomic E-state index is 0.119. The van der Waals surface area contributed by atoms with Crippen molar-refractivity contribution in [3.8, 4) is 10.8 Å². The second kappa shape index (κ2) is 7.49. The number of amides is 1. The highest BCUT2D eigenvalue weighted by Gasteiger charge is 2.28. The Labute approximate surface area is 147 Å². The van der Waals surface area contributed by atoms with Gasteiger partial charge in [0.25, 0.3) is 5.91 Å². The van der Waals surface area contributed by atoms with Crippen LogP contribution < -0.4 is 5.32 Å². The Kier molecular flexibility index (Phi) is 5.36. The number of hydrogen-bond donors (Lipinski definition) is 1. The molecule has 1 amide bonds. The molecule has 1 fully saturated rings. The van der Waals surface area contributed by atoms with Gasteiger partial charge in [-0.25, -0.2) is 4.98 Å². The molecule has 130 valence electrons. The normalized spacial score (nSPS) is 15.6. The van der Waals surface area contributed by atoms with Crippen LogP contribution in [0.1, 0.15) is 47.3 Å². The van der Waals surface area contributed by atoms with Gasteiger partial charge in [0.05, 0.1) is 5.69 Å². The predicted octanol–water partition coefficient (Wildman–Crippen LogP) is 3.62. The fourth-order valence-corrected chi connectivity index (χ4v) is 4.17. The number of piperidine rings is 1. The molecule has 1 saturated heterocycles. The van der Waals surface area contributed by atoms with E-state index in [-0.39, 0.29) is 5.91 Å². The smallest absolute Gasteiger partial charge is 0.266 e. The molecule has 0 saturated carbocycles. The summed E-state index contributed by atoms with van der Waals surface area (Å²) in [7, 11) is 0. The molecule has 0 bridgehead atoms. The summed E-state index contributed by atoms with van der Waals surface area (Å²) in [5.74, 6) is 1.71. The molecule has 1 aliphatic heterocycles. The summed E-state index contributed by atoms with van der Waals surface area (Å²) < 4.78 is 5.66. The van der Waals surface area contributed by atoms with E-state index in [1.54, 1.807) is 0 Å². The molecule has 24 heavy (non-hydrogen) atoms. The summed E-state index contributed by atoms with van der Waals surface area (Å²) in [4.78, 5) is 20.5. The molecule has 0 aliphatic carbocycles. The molecule has 0 radical (unpaired) electrons. The molecule has 1 N–H and O–H groups in total. The van der Waals surface area contributed by atoms with E-state index in [4.69, 9.17) is 4.42 Å². The van der Waals surface area contributed by atoms with Gasteiger partial charge in [-0.2, -0.15) is 0 Å². The van der Waals surface area contributed by atoms with Crippen molar-refractivity contribution in [1.29, 1.82) is 0 Å². The van der Waals surface area contributed by atoms with Crippen LogP contribution >= 0.6 is 11.3 Å². The minimum Gasteiger partial charge on any atom is -0.459 e. The van der Waals surface area contributed by atoms with Crippen molar-refractivity contribution in [3.63, 3.8) is 0 Å². The summed E-state index contributed by atoms with van der Waals surface area (Å²) >= 11 is 1.44. The van der Waals surface area contributed by atoms with Crippen LogP contribution in [0.15, 0.2) is 16.5 Å². The average molecular weight is 347 g/mol. The Morgan fingerprint density at radius 3 is 2.75 bits per heavy atom. The van der Waals surface area contributed by atoms with Crippen LogP contribution in [0.5, 0.6) is 0 Å². The van der Waals surface area contributed by atoms with Gasteiger partial charge >= 0.3 is 0 Å². The number of carbonyl (C=O) groups excluding carboxylic acids is 1. The lowest BCUT2D eigenvalue weighted by Crippen LogP contribution is -2.46. The molecule has 2 aromatic rings. The zero-order valence-corrected chi connectivity index (χ0v) is 15.4. The Bertz CT molecular complexity index is 701. The lowest BCUT2D eigenvalue weighted by Gasteiger charge is -2.34. The maximum atomic E-state index is 13.2. The Hall–Kier alpha value is -1.66. The average Bonchev–Trinajstić information content (AvgIpc) is 3.18. The molecule has 3 rings (SSSR count). The van der Waals surface area contributed by atoms with Gasteiger partial charge < -0.3 is 14.6 Å². The van der Waals surface area contributed by atoms with E-state index in [0.29, 0.717) is 6.04 Å². The molecule has 5 nitrogen and oxygen atoms in total. The van der Waals surface area contributed by atoms with Crippen molar-refractivity contribution in [1.82, 2.24) is 15.2 Å². The SMILES string of the molecule is CCCN(C(=O)c1sc(-c2ccc(C)o2)nc1C)C1CCNCC1. The number of aromatic nitrogens is 1. The standard InChI is InChI=1S/C18H25N3O2S/c1-4-11-21(14-7-9-19-10-8-14)18(22)16-13(3)20-17(24-16)15-6-5-12(2)23-15/h5-6,14,19H,4,7-11H2,1-3H3. The minimum atomic E-state index is 0.119. The predicted molar refractivity (Wildman–Crippen MR) is 96.5 cm³/mol. The third-order valence-electron chi connectivity index (χ3n) is 4.42. The largest absolute Gasteiger partial charge is 0.459 e. The van der Waals surface area contributed by atoms with Crippen molar-refractivity contribution in [3.05, 3.63) is 28.5 Å². The Morgan fingerprint density at radius 2 is 2.12 bits per heavy atom. The fourth-order valence-electron chi connectivity index (χ4n) is 3.19. The number of nitrogens with zero attached hydrogens (tertiary/aromatic N) is 2.